The molecule has 2 heterocycles. The predicted molar refractivity (Wildman–Crippen MR) is 112 cm³/mol. The Hall–Kier alpha value is -1.52. The van der Waals surface area contributed by atoms with Gasteiger partial charge in [-0.3, -0.25) is 0 Å². The van der Waals surface area contributed by atoms with Gasteiger partial charge in [0.15, 0.2) is 6.29 Å². The molecule has 1 aromatic carbocycles. The minimum Gasteiger partial charge on any atom is -0.347 e. The number of nitrogens with zero attached hydrogens (tertiary/aromatic N) is 3. The van der Waals surface area contributed by atoms with Crippen molar-refractivity contribution in [3.05, 3.63) is 53.1 Å². The molecule has 0 aliphatic heterocycles. The highest BCUT2D eigenvalue weighted by Gasteiger charge is 2.21. The molecule has 7 heteroatoms. The molecule has 0 atom stereocenters. The molecule has 3 aromatic rings. The molecule has 0 aliphatic carbocycles. The Morgan fingerprint density at radius 2 is 1.85 bits per heavy atom. The second-order valence-electron chi connectivity index (χ2n) is 6.34. The second kappa shape index (κ2) is 9.11. The van der Waals surface area contributed by atoms with Crippen molar-refractivity contribution in [3.63, 3.8) is 0 Å². The Kier molecular flexibility index (Phi) is 6.83. The molecule has 5 nitrogen and oxygen atoms in total. The van der Waals surface area contributed by atoms with Gasteiger partial charge in [0.25, 0.3) is 0 Å². The van der Waals surface area contributed by atoms with E-state index in [0.29, 0.717) is 19.8 Å². The highest BCUT2D eigenvalue weighted by molar-refractivity contribution is 7.64. The lowest BCUT2D eigenvalue weighted by molar-refractivity contribution is -0.144. The third kappa shape index (κ3) is 4.49. The number of hydrogen-bond donors (Lipinski definition) is 0. The summed E-state index contributed by atoms with van der Waals surface area (Å²) in [6.07, 6.45) is 1.29. The summed E-state index contributed by atoms with van der Waals surface area (Å²) in [6.45, 7) is 10.3. The fourth-order valence-electron chi connectivity index (χ4n) is 3.17. The smallest absolute Gasteiger partial charge is 0.224 e. The van der Waals surface area contributed by atoms with Crippen LogP contribution < -0.4 is 5.30 Å². The van der Waals surface area contributed by atoms with E-state index in [4.69, 9.17) is 21.1 Å². The normalized spacial score (nSPS) is 11.8. The van der Waals surface area contributed by atoms with Crippen LogP contribution in [0.25, 0.3) is 11.0 Å². The van der Waals surface area contributed by atoms with E-state index in [1.807, 2.05) is 19.9 Å². The van der Waals surface area contributed by atoms with Crippen LogP contribution in [0.2, 0.25) is 5.28 Å². The topological polar surface area (TPSA) is 49.2 Å². The van der Waals surface area contributed by atoms with E-state index in [2.05, 4.69) is 52.1 Å². The minimum absolute atomic E-state index is 0.221. The van der Waals surface area contributed by atoms with Crippen LogP contribution in [0.1, 0.15) is 31.4 Å². The molecular formula is C20H25ClN3O2P. The number of rotatable bonds is 8. The van der Waals surface area contributed by atoms with E-state index in [-0.39, 0.29) is 13.2 Å². The summed E-state index contributed by atoms with van der Waals surface area (Å²) in [7, 11) is -0.221. The molecule has 0 aliphatic rings. The van der Waals surface area contributed by atoms with Crippen LogP contribution in [0.5, 0.6) is 0 Å². The molecule has 0 amide bonds. The first-order valence-electron chi connectivity index (χ1n) is 9.05. The van der Waals surface area contributed by atoms with E-state index < -0.39 is 6.29 Å². The minimum atomic E-state index is -0.454. The second-order valence-corrected chi connectivity index (χ2v) is 8.95. The Morgan fingerprint density at radius 1 is 1.15 bits per heavy atom. The Bertz CT molecular complexity index is 907. The SMILES string of the molecule is CCOC(OCC)c1cc2cnc(Cl)nc2n1Cc1ccccc1P(C)C. The summed E-state index contributed by atoms with van der Waals surface area (Å²) < 4.78 is 13.9. The Morgan fingerprint density at radius 3 is 2.52 bits per heavy atom. The van der Waals surface area contributed by atoms with E-state index in [0.717, 1.165) is 16.7 Å². The molecule has 2 aromatic heterocycles. The molecule has 27 heavy (non-hydrogen) atoms. The van der Waals surface area contributed by atoms with Gasteiger partial charge in [0, 0.05) is 24.8 Å². The number of ether oxygens (including phenoxy) is 2. The van der Waals surface area contributed by atoms with Crippen LogP contribution in [0.15, 0.2) is 36.5 Å². The first kappa shape index (κ1) is 20.2. The molecule has 0 saturated heterocycles. The van der Waals surface area contributed by atoms with Crippen molar-refractivity contribution in [2.24, 2.45) is 0 Å². The molecule has 0 unspecified atom stereocenters. The van der Waals surface area contributed by atoms with E-state index in [1.54, 1.807) is 6.20 Å². The summed E-state index contributed by atoms with van der Waals surface area (Å²) in [5.74, 6) is 0. The van der Waals surface area contributed by atoms with Crippen LogP contribution in [0, 0.1) is 0 Å². The van der Waals surface area contributed by atoms with Crippen molar-refractivity contribution in [3.8, 4) is 0 Å². The van der Waals surface area contributed by atoms with Gasteiger partial charge in [0.05, 0.1) is 12.2 Å². The van der Waals surface area contributed by atoms with Gasteiger partial charge in [0.2, 0.25) is 5.28 Å². The maximum atomic E-state index is 6.09. The van der Waals surface area contributed by atoms with Crippen molar-refractivity contribution in [1.82, 2.24) is 14.5 Å². The van der Waals surface area contributed by atoms with Gasteiger partial charge < -0.3 is 14.0 Å². The van der Waals surface area contributed by atoms with Crippen LogP contribution >= 0.6 is 19.5 Å². The van der Waals surface area contributed by atoms with Crippen LogP contribution in [-0.2, 0) is 16.0 Å². The number of fused-ring (bicyclic) bond motifs is 1. The lowest BCUT2D eigenvalue weighted by Gasteiger charge is -2.21. The van der Waals surface area contributed by atoms with Gasteiger partial charge in [-0.05, 0) is 55.7 Å². The zero-order valence-corrected chi connectivity index (χ0v) is 17.8. The van der Waals surface area contributed by atoms with Crippen molar-refractivity contribution in [1.29, 1.82) is 0 Å². The fourth-order valence-corrected chi connectivity index (χ4v) is 4.41. The summed E-state index contributed by atoms with van der Waals surface area (Å²) in [5, 5.41) is 2.54. The number of hydrogen-bond acceptors (Lipinski definition) is 4. The van der Waals surface area contributed by atoms with E-state index in [1.165, 1.54) is 10.9 Å². The van der Waals surface area contributed by atoms with Crippen molar-refractivity contribution in [2.45, 2.75) is 26.7 Å². The predicted octanol–water partition coefficient (Wildman–Crippen LogP) is 4.57. The third-order valence-electron chi connectivity index (χ3n) is 4.32. The lowest BCUT2D eigenvalue weighted by Crippen LogP contribution is -2.18. The Labute approximate surface area is 166 Å². The zero-order valence-electron chi connectivity index (χ0n) is 16.1. The van der Waals surface area contributed by atoms with Gasteiger partial charge in [-0.1, -0.05) is 32.2 Å². The molecule has 0 fully saturated rings. The van der Waals surface area contributed by atoms with Gasteiger partial charge in [-0.2, -0.15) is 4.98 Å². The first-order valence-corrected chi connectivity index (χ1v) is 11.7. The first-order chi connectivity index (χ1) is 13.0. The van der Waals surface area contributed by atoms with Gasteiger partial charge in [-0.25, -0.2) is 4.98 Å². The summed E-state index contributed by atoms with van der Waals surface area (Å²) in [5.41, 5.74) is 2.99. The van der Waals surface area contributed by atoms with Gasteiger partial charge >= 0.3 is 0 Å². The average Bonchev–Trinajstić information content (AvgIpc) is 2.99. The molecule has 0 radical (unpaired) electrons. The summed E-state index contributed by atoms with van der Waals surface area (Å²) in [6, 6.07) is 10.6. The Balaban J connectivity index is 2.14. The monoisotopic (exact) mass is 405 g/mol. The molecule has 0 saturated carbocycles. The highest BCUT2D eigenvalue weighted by atomic mass is 35.5. The molecule has 0 bridgehead atoms. The number of aromatic nitrogens is 3. The van der Waals surface area contributed by atoms with Crippen molar-refractivity contribution >= 4 is 35.9 Å². The number of halogens is 1. The van der Waals surface area contributed by atoms with E-state index >= 15 is 0 Å². The molecule has 0 spiro atoms. The molecule has 0 N–H and O–H groups in total. The maximum Gasteiger partial charge on any atom is 0.224 e. The van der Waals surface area contributed by atoms with Crippen molar-refractivity contribution in [2.75, 3.05) is 26.5 Å². The standard InChI is InChI=1S/C20H25ClN3O2P/c1-5-25-19(26-6-2)16-11-15-12-22-20(21)23-18(15)24(16)13-14-9-7-8-10-17(14)27(3)4/h7-12,19H,5-6,13H2,1-4H3. The average molecular weight is 406 g/mol. The molecular weight excluding hydrogens is 381 g/mol. The summed E-state index contributed by atoms with van der Waals surface area (Å²) in [4.78, 5) is 8.61. The van der Waals surface area contributed by atoms with Gasteiger partial charge in [-0.15, -0.1) is 0 Å². The van der Waals surface area contributed by atoms with E-state index in [9.17, 15) is 0 Å². The lowest BCUT2D eigenvalue weighted by atomic mass is 10.2. The maximum absolute atomic E-state index is 6.09. The largest absolute Gasteiger partial charge is 0.347 e. The quantitative estimate of drug-likeness (QED) is 0.313. The van der Waals surface area contributed by atoms with Crippen LogP contribution in [-0.4, -0.2) is 41.1 Å². The van der Waals surface area contributed by atoms with Crippen LogP contribution in [0.4, 0.5) is 0 Å². The number of benzene rings is 1. The zero-order chi connectivity index (χ0) is 19.4. The fraction of sp³-hybridized carbons (Fsp3) is 0.400. The van der Waals surface area contributed by atoms with Crippen LogP contribution in [0.3, 0.4) is 0 Å². The summed E-state index contributed by atoms with van der Waals surface area (Å²) >= 11 is 6.09. The third-order valence-corrected chi connectivity index (χ3v) is 5.90. The molecule has 144 valence electrons. The van der Waals surface area contributed by atoms with Gasteiger partial charge in [0.1, 0.15) is 5.65 Å². The molecule has 3 rings (SSSR count). The van der Waals surface area contributed by atoms with Crippen molar-refractivity contribution < 1.29 is 9.47 Å². The highest BCUT2D eigenvalue weighted by Crippen LogP contribution is 2.30.